The van der Waals surface area contributed by atoms with Crippen molar-refractivity contribution in [2.75, 3.05) is 10.6 Å². The lowest BCUT2D eigenvalue weighted by atomic mass is 10.1. The summed E-state index contributed by atoms with van der Waals surface area (Å²) in [6.45, 7) is 0. The third kappa shape index (κ3) is 3.25. The molecule has 0 saturated carbocycles. The van der Waals surface area contributed by atoms with Crippen molar-refractivity contribution in [3.63, 3.8) is 0 Å². The molecular weight excluding hydrogens is 419 g/mol. The number of nitrogens with one attached hydrogen (secondary N) is 2. The molecule has 6 aromatic rings. The van der Waals surface area contributed by atoms with Gasteiger partial charge in [-0.05, 0) is 54.6 Å². The summed E-state index contributed by atoms with van der Waals surface area (Å²) < 4.78 is 13.8. The summed E-state index contributed by atoms with van der Waals surface area (Å²) in [7, 11) is 0. The standard InChI is InChI=1S/C25H15FN6O/c26-17-7-1-2-8-18(17)32-25(33)29-14-9-10-19-20(13-14)31-24-16-6-4-12-28-22(16)21-15(23(24)30-19)5-3-11-27-21/h1-13H,(H2,29,32,33). The van der Waals surface area contributed by atoms with Crippen LogP contribution < -0.4 is 10.6 Å². The number of carbonyl (C=O) groups is 1. The van der Waals surface area contributed by atoms with Crippen LogP contribution in [0.1, 0.15) is 0 Å². The number of carbonyl (C=O) groups excluding carboxylic acids is 1. The molecule has 0 bridgehead atoms. The average molecular weight is 434 g/mol. The van der Waals surface area contributed by atoms with Crippen LogP contribution in [0.25, 0.3) is 43.9 Å². The van der Waals surface area contributed by atoms with Gasteiger partial charge in [-0.25, -0.2) is 19.2 Å². The molecule has 3 aromatic carbocycles. The Bertz CT molecular complexity index is 1720. The maximum absolute atomic E-state index is 13.8. The van der Waals surface area contributed by atoms with Crippen LogP contribution in [0, 0.1) is 5.82 Å². The average Bonchev–Trinajstić information content (AvgIpc) is 2.84. The first-order valence-corrected chi connectivity index (χ1v) is 10.2. The molecule has 0 aliphatic carbocycles. The van der Waals surface area contributed by atoms with Gasteiger partial charge in [0.05, 0.1) is 38.8 Å². The van der Waals surface area contributed by atoms with E-state index in [0.29, 0.717) is 22.2 Å². The Labute approximate surface area is 186 Å². The Morgan fingerprint density at radius 3 is 2.06 bits per heavy atom. The fourth-order valence-electron chi connectivity index (χ4n) is 3.93. The van der Waals surface area contributed by atoms with Crippen molar-refractivity contribution in [2.45, 2.75) is 0 Å². The summed E-state index contributed by atoms with van der Waals surface area (Å²) in [4.78, 5) is 31.1. The molecule has 3 heterocycles. The van der Waals surface area contributed by atoms with E-state index < -0.39 is 11.8 Å². The number of fused-ring (bicyclic) bond motifs is 7. The third-order valence-electron chi connectivity index (χ3n) is 5.39. The first-order chi connectivity index (χ1) is 16.2. The van der Waals surface area contributed by atoms with Gasteiger partial charge in [-0.15, -0.1) is 0 Å². The quantitative estimate of drug-likeness (QED) is 0.271. The van der Waals surface area contributed by atoms with Gasteiger partial charge in [0.15, 0.2) is 0 Å². The number of amides is 2. The number of benzene rings is 3. The lowest BCUT2D eigenvalue weighted by molar-refractivity contribution is 0.262. The molecule has 3 aromatic heterocycles. The molecule has 2 N–H and O–H groups in total. The SMILES string of the molecule is O=C(Nc1ccc2nc3c4cccnc4c4ncccc4c3nc2c1)Nc1ccccc1F. The van der Waals surface area contributed by atoms with Crippen LogP contribution in [-0.2, 0) is 0 Å². The molecular formula is C25H15FN6O. The summed E-state index contributed by atoms with van der Waals surface area (Å²) in [5, 5.41) is 6.95. The van der Waals surface area contributed by atoms with Crippen LogP contribution in [0.2, 0.25) is 0 Å². The van der Waals surface area contributed by atoms with Gasteiger partial charge in [-0.1, -0.05) is 12.1 Å². The number of urea groups is 1. The molecule has 0 unspecified atom stereocenters. The topological polar surface area (TPSA) is 92.7 Å². The molecule has 0 aliphatic rings. The molecule has 8 heteroatoms. The normalized spacial score (nSPS) is 11.3. The number of hydrogen-bond acceptors (Lipinski definition) is 5. The van der Waals surface area contributed by atoms with Gasteiger partial charge in [-0.2, -0.15) is 0 Å². The van der Waals surface area contributed by atoms with Gasteiger partial charge in [0.2, 0.25) is 0 Å². The molecule has 0 atom stereocenters. The Morgan fingerprint density at radius 1 is 0.697 bits per heavy atom. The summed E-state index contributed by atoms with van der Waals surface area (Å²) in [6, 6.07) is 18.3. The van der Waals surface area contributed by atoms with Gasteiger partial charge >= 0.3 is 6.03 Å². The molecule has 2 amide bonds. The van der Waals surface area contributed by atoms with Crippen LogP contribution in [0.15, 0.2) is 79.1 Å². The molecule has 7 nitrogen and oxygen atoms in total. The number of pyridine rings is 2. The summed E-state index contributed by atoms with van der Waals surface area (Å²) in [5.74, 6) is -0.509. The molecule has 0 spiro atoms. The first-order valence-electron chi connectivity index (χ1n) is 10.2. The van der Waals surface area contributed by atoms with Crippen LogP contribution >= 0.6 is 0 Å². The Hall–Kier alpha value is -4.72. The lowest BCUT2D eigenvalue weighted by Gasteiger charge is -2.11. The van der Waals surface area contributed by atoms with E-state index in [1.807, 2.05) is 24.3 Å². The molecule has 158 valence electrons. The Balaban J connectivity index is 1.45. The van der Waals surface area contributed by atoms with E-state index in [0.717, 1.165) is 27.3 Å². The van der Waals surface area contributed by atoms with Crippen LogP contribution in [-0.4, -0.2) is 26.0 Å². The zero-order valence-corrected chi connectivity index (χ0v) is 17.1. The maximum Gasteiger partial charge on any atom is 0.323 e. The highest BCUT2D eigenvalue weighted by Crippen LogP contribution is 2.32. The second-order valence-electron chi connectivity index (χ2n) is 7.48. The highest BCUT2D eigenvalue weighted by molar-refractivity contribution is 6.21. The predicted molar refractivity (Wildman–Crippen MR) is 127 cm³/mol. The largest absolute Gasteiger partial charge is 0.323 e. The van der Waals surface area contributed by atoms with E-state index in [4.69, 9.17) is 9.97 Å². The highest BCUT2D eigenvalue weighted by Gasteiger charge is 2.14. The molecule has 0 radical (unpaired) electrons. The van der Waals surface area contributed by atoms with Crippen molar-refractivity contribution in [1.29, 1.82) is 0 Å². The van der Waals surface area contributed by atoms with E-state index in [-0.39, 0.29) is 5.69 Å². The van der Waals surface area contributed by atoms with Gasteiger partial charge in [-0.3, -0.25) is 9.97 Å². The summed E-state index contributed by atoms with van der Waals surface area (Å²) in [5.41, 5.74) is 4.87. The lowest BCUT2D eigenvalue weighted by Crippen LogP contribution is -2.20. The number of para-hydroxylation sites is 1. The van der Waals surface area contributed by atoms with Gasteiger partial charge in [0, 0.05) is 28.9 Å². The van der Waals surface area contributed by atoms with Crippen molar-refractivity contribution < 1.29 is 9.18 Å². The van der Waals surface area contributed by atoms with Crippen molar-refractivity contribution in [2.24, 2.45) is 0 Å². The number of hydrogen-bond donors (Lipinski definition) is 2. The van der Waals surface area contributed by atoms with Crippen molar-refractivity contribution >= 4 is 61.3 Å². The maximum atomic E-state index is 13.8. The number of aromatic nitrogens is 4. The minimum absolute atomic E-state index is 0.0982. The van der Waals surface area contributed by atoms with E-state index >= 15 is 0 Å². The zero-order chi connectivity index (χ0) is 22.4. The van der Waals surface area contributed by atoms with E-state index in [1.165, 1.54) is 12.1 Å². The van der Waals surface area contributed by atoms with E-state index in [9.17, 15) is 9.18 Å². The number of rotatable bonds is 2. The second kappa shape index (κ2) is 7.45. The minimum Gasteiger partial charge on any atom is -0.308 e. The smallest absolute Gasteiger partial charge is 0.308 e. The van der Waals surface area contributed by atoms with Crippen LogP contribution in [0.4, 0.5) is 20.6 Å². The molecule has 0 saturated heterocycles. The van der Waals surface area contributed by atoms with E-state index in [1.54, 1.807) is 42.7 Å². The molecule has 0 aliphatic heterocycles. The molecule has 6 rings (SSSR count). The zero-order valence-electron chi connectivity index (χ0n) is 17.1. The van der Waals surface area contributed by atoms with E-state index in [2.05, 4.69) is 20.6 Å². The highest BCUT2D eigenvalue weighted by atomic mass is 19.1. The van der Waals surface area contributed by atoms with Crippen molar-refractivity contribution in [1.82, 2.24) is 19.9 Å². The molecule has 0 fully saturated rings. The third-order valence-corrected chi connectivity index (χ3v) is 5.39. The molecule has 33 heavy (non-hydrogen) atoms. The number of nitrogens with zero attached hydrogens (tertiary/aromatic N) is 4. The number of anilines is 2. The predicted octanol–water partition coefficient (Wildman–Crippen LogP) is 5.66. The Morgan fingerprint density at radius 2 is 1.36 bits per heavy atom. The summed E-state index contributed by atoms with van der Waals surface area (Å²) in [6.07, 6.45) is 3.47. The number of halogens is 1. The van der Waals surface area contributed by atoms with Gasteiger partial charge in [0.1, 0.15) is 5.82 Å². The Kier molecular flexibility index (Phi) is 4.29. The first kappa shape index (κ1) is 19.0. The minimum atomic E-state index is -0.556. The summed E-state index contributed by atoms with van der Waals surface area (Å²) >= 11 is 0. The second-order valence-corrected chi connectivity index (χ2v) is 7.48. The monoisotopic (exact) mass is 434 g/mol. The van der Waals surface area contributed by atoms with Crippen LogP contribution in [0.5, 0.6) is 0 Å². The van der Waals surface area contributed by atoms with Gasteiger partial charge in [0.25, 0.3) is 0 Å². The fraction of sp³-hybridized carbons (Fsp3) is 0. The van der Waals surface area contributed by atoms with Crippen molar-refractivity contribution in [3.05, 3.63) is 84.9 Å². The van der Waals surface area contributed by atoms with Gasteiger partial charge < -0.3 is 10.6 Å². The van der Waals surface area contributed by atoms with Crippen molar-refractivity contribution in [3.8, 4) is 0 Å². The van der Waals surface area contributed by atoms with Crippen LogP contribution in [0.3, 0.4) is 0 Å². The fourth-order valence-corrected chi connectivity index (χ4v) is 3.93.